The van der Waals surface area contributed by atoms with Crippen molar-refractivity contribution in [3.8, 4) is 0 Å². The third-order valence-electron chi connectivity index (χ3n) is 6.25. The molecule has 0 aromatic rings. The molecular formula is C24H48N2O12. The molecule has 0 fully saturated rings. The van der Waals surface area contributed by atoms with Gasteiger partial charge in [0.25, 0.3) is 11.8 Å². The molecule has 0 spiro atoms. The molecule has 38 heavy (non-hydrogen) atoms. The molecule has 0 unspecified atom stereocenters. The van der Waals surface area contributed by atoms with Crippen LogP contribution in [0.25, 0.3) is 0 Å². The lowest BCUT2D eigenvalue weighted by Crippen LogP contribution is -2.51. The molecule has 2 amide bonds. The molecular weight excluding hydrogens is 508 g/mol. The highest BCUT2D eigenvalue weighted by Gasteiger charge is 2.34. The Balaban J connectivity index is 3.69. The lowest BCUT2D eigenvalue weighted by Gasteiger charge is -2.24. The van der Waals surface area contributed by atoms with E-state index < -0.39 is 73.9 Å². The smallest absolute Gasteiger partial charge is 0.251 e. The van der Waals surface area contributed by atoms with E-state index in [2.05, 4.69) is 10.6 Å². The standard InChI is InChI=1S/C24H48N2O12/c27-13-15(29)17(31)19(33)21(35)23(37)25-11-9-7-5-3-1-2-4-6-8-10-12-26-24(38)22(36)20(34)18(32)16(30)14-28/h15-22,27-36H,1-14H2,(H,25,37)(H,26,38)/t15-,16-,17-,18-,19+,20+,21-,22-/m1/s1. The van der Waals surface area contributed by atoms with Gasteiger partial charge in [-0.1, -0.05) is 51.4 Å². The topological polar surface area (TPSA) is 260 Å². The van der Waals surface area contributed by atoms with Crippen molar-refractivity contribution >= 4 is 11.8 Å². The first-order valence-electron chi connectivity index (χ1n) is 13.2. The maximum Gasteiger partial charge on any atom is 0.251 e. The second kappa shape index (κ2) is 21.4. The van der Waals surface area contributed by atoms with Crippen LogP contribution in [0.1, 0.15) is 64.2 Å². The fourth-order valence-corrected chi connectivity index (χ4v) is 3.65. The first-order chi connectivity index (χ1) is 18.0. The Morgan fingerprint density at radius 1 is 0.447 bits per heavy atom. The fraction of sp³-hybridized carbons (Fsp3) is 0.917. The molecule has 12 N–H and O–H groups in total. The Morgan fingerprint density at radius 2 is 0.711 bits per heavy atom. The van der Waals surface area contributed by atoms with E-state index in [1.165, 1.54) is 0 Å². The molecule has 0 aromatic heterocycles. The Hall–Kier alpha value is -1.46. The van der Waals surface area contributed by atoms with E-state index in [4.69, 9.17) is 10.2 Å². The van der Waals surface area contributed by atoms with Crippen LogP contribution < -0.4 is 10.6 Å². The molecule has 226 valence electrons. The van der Waals surface area contributed by atoms with Gasteiger partial charge in [0.1, 0.15) is 36.6 Å². The van der Waals surface area contributed by atoms with E-state index in [0.717, 1.165) is 51.4 Å². The number of hydrogen-bond acceptors (Lipinski definition) is 12. The molecule has 0 radical (unpaired) electrons. The molecule has 0 aliphatic carbocycles. The zero-order valence-corrected chi connectivity index (χ0v) is 21.8. The van der Waals surface area contributed by atoms with Crippen LogP contribution >= 0.6 is 0 Å². The summed E-state index contributed by atoms with van der Waals surface area (Å²) in [5.74, 6) is -1.74. The van der Waals surface area contributed by atoms with Crippen LogP contribution in [0.3, 0.4) is 0 Å². The van der Waals surface area contributed by atoms with Crippen molar-refractivity contribution in [2.75, 3.05) is 26.3 Å². The summed E-state index contributed by atoms with van der Waals surface area (Å²) >= 11 is 0. The number of aliphatic hydroxyl groups excluding tert-OH is 10. The van der Waals surface area contributed by atoms with E-state index in [1.54, 1.807) is 0 Å². The number of aliphatic hydroxyl groups is 10. The molecule has 0 aliphatic heterocycles. The summed E-state index contributed by atoms with van der Waals surface area (Å²) in [6.07, 6.45) is -5.58. The lowest BCUT2D eigenvalue weighted by atomic mass is 10.0. The fourth-order valence-electron chi connectivity index (χ4n) is 3.65. The van der Waals surface area contributed by atoms with Gasteiger partial charge in [-0.15, -0.1) is 0 Å². The van der Waals surface area contributed by atoms with Crippen LogP contribution in [0.2, 0.25) is 0 Å². The number of rotatable bonds is 23. The van der Waals surface area contributed by atoms with Gasteiger partial charge in [-0.25, -0.2) is 0 Å². The minimum atomic E-state index is -1.92. The Morgan fingerprint density at radius 3 is 0.974 bits per heavy atom. The van der Waals surface area contributed by atoms with Gasteiger partial charge in [0, 0.05) is 13.1 Å². The second-order valence-electron chi connectivity index (χ2n) is 9.47. The zero-order valence-electron chi connectivity index (χ0n) is 21.8. The molecule has 0 rings (SSSR count). The molecule has 0 heterocycles. The Bertz CT molecular complexity index is 577. The molecule has 0 bridgehead atoms. The maximum atomic E-state index is 11.8. The van der Waals surface area contributed by atoms with Crippen molar-refractivity contribution in [3.63, 3.8) is 0 Å². The first-order valence-corrected chi connectivity index (χ1v) is 13.2. The molecule has 0 aliphatic rings. The van der Waals surface area contributed by atoms with Gasteiger partial charge in [-0.2, -0.15) is 0 Å². The summed E-state index contributed by atoms with van der Waals surface area (Å²) in [4.78, 5) is 23.6. The van der Waals surface area contributed by atoms with Crippen molar-refractivity contribution in [1.29, 1.82) is 0 Å². The molecule has 0 saturated carbocycles. The number of hydrogen-bond donors (Lipinski definition) is 12. The van der Waals surface area contributed by atoms with E-state index in [-0.39, 0.29) is 0 Å². The van der Waals surface area contributed by atoms with E-state index in [0.29, 0.717) is 25.9 Å². The van der Waals surface area contributed by atoms with Gasteiger partial charge in [-0.3, -0.25) is 9.59 Å². The normalized spacial score (nSPS) is 18.1. The monoisotopic (exact) mass is 556 g/mol. The summed E-state index contributed by atoms with van der Waals surface area (Å²) in [6.45, 7) is -1.06. The van der Waals surface area contributed by atoms with Crippen molar-refractivity contribution in [2.24, 2.45) is 0 Å². The van der Waals surface area contributed by atoms with E-state index in [1.807, 2.05) is 0 Å². The van der Waals surface area contributed by atoms with E-state index in [9.17, 15) is 50.4 Å². The summed E-state index contributed by atoms with van der Waals surface area (Å²) in [5, 5.41) is 98.8. The Labute approximate surface area is 222 Å². The predicted octanol–water partition coefficient (Wildman–Crippen LogP) is -4.01. The number of amides is 2. The summed E-state index contributed by atoms with van der Waals surface area (Å²) in [5.41, 5.74) is 0. The Kier molecular flexibility index (Phi) is 20.6. The summed E-state index contributed by atoms with van der Waals surface area (Å²) in [7, 11) is 0. The maximum absolute atomic E-state index is 11.8. The average molecular weight is 557 g/mol. The minimum Gasteiger partial charge on any atom is -0.394 e. The van der Waals surface area contributed by atoms with Crippen LogP contribution in [0, 0.1) is 0 Å². The highest BCUT2D eigenvalue weighted by atomic mass is 16.4. The quantitative estimate of drug-likeness (QED) is 0.0537. The summed E-state index contributed by atoms with van der Waals surface area (Å²) in [6, 6.07) is 0. The molecule has 14 heteroatoms. The van der Waals surface area contributed by atoms with Crippen molar-refractivity contribution in [3.05, 3.63) is 0 Å². The lowest BCUT2D eigenvalue weighted by molar-refractivity contribution is -0.149. The second-order valence-corrected chi connectivity index (χ2v) is 9.47. The van der Waals surface area contributed by atoms with Gasteiger partial charge in [0.05, 0.1) is 13.2 Å². The zero-order chi connectivity index (χ0) is 29.1. The van der Waals surface area contributed by atoms with Crippen LogP contribution in [0.4, 0.5) is 0 Å². The van der Waals surface area contributed by atoms with Crippen LogP contribution in [-0.4, -0.2) is 138 Å². The minimum absolute atomic E-state index is 0.291. The first kappa shape index (κ1) is 36.5. The SMILES string of the molecule is O=C(NCCCCCCCCCCCCNC(=O)[C@H](O)[C@@H](O)[C@H](O)[C@H](O)CO)[C@H](O)[C@@H](O)[C@H](O)[C@H](O)CO. The van der Waals surface area contributed by atoms with Crippen LogP contribution in [-0.2, 0) is 9.59 Å². The largest absolute Gasteiger partial charge is 0.394 e. The predicted molar refractivity (Wildman–Crippen MR) is 134 cm³/mol. The van der Waals surface area contributed by atoms with Crippen molar-refractivity contribution in [2.45, 2.75) is 113 Å². The third kappa shape index (κ3) is 14.6. The van der Waals surface area contributed by atoms with Gasteiger partial charge < -0.3 is 61.7 Å². The van der Waals surface area contributed by atoms with Crippen LogP contribution in [0.15, 0.2) is 0 Å². The van der Waals surface area contributed by atoms with Crippen LogP contribution in [0.5, 0.6) is 0 Å². The van der Waals surface area contributed by atoms with Crippen molar-refractivity contribution in [1.82, 2.24) is 10.6 Å². The average Bonchev–Trinajstić information content (AvgIpc) is 2.93. The van der Waals surface area contributed by atoms with Gasteiger partial charge in [0.15, 0.2) is 12.2 Å². The number of nitrogens with one attached hydrogen (secondary N) is 2. The number of unbranched alkanes of at least 4 members (excludes halogenated alkanes) is 9. The highest BCUT2D eigenvalue weighted by Crippen LogP contribution is 2.11. The summed E-state index contributed by atoms with van der Waals surface area (Å²) < 4.78 is 0. The third-order valence-corrected chi connectivity index (χ3v) is 6.25. The number of carbonyl (C=O) groups excluding carboxylic acids is 2. The van der Waals surface area contributed by atoms with Crippen molar-refractivity contribution < 1.29 is 60.7 Å². The molecule has 8 atom stereocenters. The molecule has 0 saturated heterocycles. The van der Waals surface area contributed by atoms with Gasteiger partial charge >= 0.3 is 0 Å². The van der Waals surface area contributed by atoms with Gasteiger partial charge in [0.2, 0.25) is 0 Å². The van der Waals surface area contributed by atoms with E-state index >= 15 is 0 Å². The van der Waals surface area contributed by atoms with Gasteiger partial charge in [-0.05, 0) is 12.8 Å². The highest BCUT2D eigenvalue weighted by molar-refractivity contribution is 5.81. The molecule has 14 nitrogen and oxygen atoms in total. The molecule has 0 aromatic carbocycles. The number of carbonyl (C=O) groups is 2.